The highest BCUT2D eigenvalue weighted by molar-refractivity contribution is 5.38. The number of hydrogen-bond acceptors (Lipinski definition) is 4. The van der Waals surface area contributed by atoms with Gasteiger partial charge in [-0.05, 0) is 20.3 Å². The Morgan fingerprint density at radius 1 is 1.23 bits per heavy atom. The van der Waals surface area contributed by atoms with Crippen molar-refractivity contribution in [2.24, 2.45) is 0 Å². The van der Waals surface area contributed by atoms with E-state index in [-0.39, 0.29) is 6.10 Å². The van der Waals surface area contributed by atoms with Crippen molar-refractivity contribution in [3.8, 4) is 0 Å². The fraction of sp³-hybridized carbons (Fsp3) is 0.778. The highest BCUT2D eigenvalue weighted by atomic mass is 16.5. The smallest absolute Gasteiger partial charge is 0.417 e. The molecule has 0 aliphatic carbocycles. The van der Waals surface area contributed by atoms with Crippen molar-refractivity contribution in [1.82, 2.24) is 0 Å². The zero-order chi connectivity index (χ0) is 10.5. The molecule has 0 aliphatic heterocycles. The van der Waals surface area contributed by atoms with Gasteiger partial charge in [0, 0.05) is 0 Å². The van der Waals surface area contributed by atoms with Crippen LogP contribution in [-0.2, 0) is 19.1 Å². The first-order chi connectivity index (χ1) is 6.18. The van der Waals surface area contributed by atoms with Crippen LogP contribution in [0.5, 0.6) is 0 Å². The molecule has 0 saturated carbocycles. The molecule has 0 atom stereocenters. The number of hydrogen-bond donors (Lipinski definition) is 0. The van der Waals surface area contributed by atoms with E-state index in [1.807, 2.05) is 6.92 Å². The van der Waals surface area contributed by atoms with E-state index in [1.54, 1.807) is 13.8 Å². The summed E-state index contributed by atoms with van der Waals surface area (Å²) < 4.78 is 8.50. The summed E-state index contributed by atoms with van der Waals surface area (Å²) in [7, 11) is 0. The lowest BCUT2D eigenvalue weighted by Crippen LogP contribution is -1.98. The summed E-state index contributed by atoms with van der Waals surface area (Å²) in [4.78, 5) is 18.6. The molecule has 0 heterocycles. The molecule has 0 fully saturated rings. The lowest BCUT2D eigenvalue weighted by atomic mass is 10.4. The molecular weight excluding hydrogens is 172 g/mol. The number of rotatable bonds is 6. The Hall–Kier alpha value is -1.06. The first-order valence-electron chi connectivity index (χ1n) is 4.20. The highest BCUT2D eigenvalue weighted by Crippen LogP contribution is 1.83. The third-order valence-corrected chi connectivity index (χ3v) is 0.943. The molecule has 0 aliphatic rings. The van der Waals surface area contributed by atoms with Crippen molar-refractivity contribution >= 4 is 12.9 Å². The standard InChI is InChI=1S/C5H9O2.C4H7O2/c1-2-3-4-7-5-6;1-4(2)6-3-5/h2-4H2,1H3;4H,1-2H3. The van der Waals surface area contributed by atoms with Crippen LogP contribution in [0.4, 0.5) is 0 Å². The Labute approximate surface area is 79.2 Å². The molecule has 0 aromatic carbocycles. The predicted octanol–water partition coefficient (Wildman–Crippen LogP) is 1.35. The summed E-state index contributed by atoms with van der Waals surface area (Å²) in [6.45, 7) is 8.76. The largest absolute Gasteiger partial charge is 0.457 e. The fourth-order valence-electron chi connectivity index (χ4n) is 0.354. The molecule has 4 heteroatoms. The molecular formula is C9H16O4. The second-order valence-electron chi connectivity index (χ2n) is 2.54. The van der Waals surface area contributed by atoms with Crippen LogP contribution in [0, 0.1) is 0 Å². The molecule has 0 N–H and O–H groups in total. The normalized spacial score (nSPS) is 8.31. The summed E-state index contributed by atoms with van der Waals surface area (Å²) in [5, 5.41) is 0. The minimum absolute atomic E-state index is 0.0255. The van der Waals surface area contributed by atoms with Gasteiger partial charge in [-0.1, -0.05) is 13.3 Å². The average Bonchev–Trinajstić information content (AvgIpc) is 2.06. The average molecular weight is 188 g/mol. The zero-order valence-corrected chi connectivity index (χ0v) is 8.33. The van der Waals surface area contributed by atoms with Crippen LogP contribution in [0.2, 0.25) is 0 Å². The molecule has 0 unspecified atom stereocenters. The number of unbranched alkanes of at least 4 members (excludes halogenated alkanes) is 1. The van der Waals surface area contributed by atoms with E-state index in [4.69, 9.17) is 0 Å². The van der Waals surface area contributed by atoms with Crippen molar-refractivity contribution in [3.05, 3.63) is 0 Å². The van der Waals surface area contributed by atoms with E-state index >= 15 is 0 Å². The lowest BCUT2D eigenvalue weighted by Gasteiger charge is -1.94. The van der Waals surface area contributed by atoms with Crippen LogP contribution in [-0.4, -0.2) is 25.7 Å². The Morgan fingerprint density at radius 3 is 2.08 bits per heavy atom. The molecule has 4 nitrogen and oxygen atoms in total. The first kappa shape index (κ1) is 14.5. The summed E-state index contributed by atoms with van der Waals surface area (Å²) in [5.74, 6) is 0. The molecule has 0 rings (SSSR count). The van der Waals surface area contributed by atoms with Gasteiger partial charge in [0.1, 0.15) is 0 Å². The zero-order valence-electron chi connectivity index (χ0n) is 8.33. The SMILES string of the molecule is CC(C)O[C]=O.CCCCO[C]=O. The van der Waals surface area contributed by atoms with E-state index in [0.717, 1.165) is 12.8 Å². The van der Waals surface area contributed by atoms with Crippen LogP contribution >= 0.6 is 0 Å². The van der Waals surface area contributed by atoms with Gasteiger partial charge in [0.25, 0.3) is 0 Å². The van der Waals surface area contributed by atoms with Crippen molar-refractivity contribution in [2.75, 3.05) is 6.61 Å². The molecule has 0 bridgehead atoms. The number of carbonyl (C=O) groups excluding carboxylic acids is 2. The summed E-state index contributed by atoms with van der Waals surface area (Å²) in [6, 6.07) is 0. The molecule has 0 amide bonds. The van der Waals surface area contributed by atoms with Gasteiger partial charge in [0.15, 0.2) is 0 Å². The Kier molecular flexibility index (Phi) is 15.0. The topological polar surface area (TPSA) is 52.6 Å². The third kappa shape index (κ3) is 24.8. The van der Waals surface area contributed by atoms with E-state index < -0.39 is 0 Å². The van der Waals surface area contributed by atoms with Gasteiger partial charge in [-0.25, -0.2) is 9.59 Å². The summed E-state index contributed by atoms with van der Waals surface area (Å²) >= 11 is 0. The van der Waals surface area contributed by atoms with Gasteiger partial charge < -0.3 is 9.47 Å². The van der Waals surface area contributed by atoms with E-state index in [1.165, 1.54) is 12.9 Å². The van der Waals surface area contributed by atoms with Gasteiger partial charge in [-0.2, -0.15) is 0 Å². The molecule has 0 spiro atoms. The second-order valence-corrected chi connectivity index (χ2v) is 2.54. The molecule has 13 heavy (non-hydrogen) atoms. The van der Waals surface area contributed by atoms with Gasteiger partial charge in [-0.15, -0.1) is 0 Å². The highest BCUT2D eigenvalue weighted by Gasteiger charge is 1.85. The van der Waals surface area contributed by atoms with Crippen LogP contribution in [0.1, 0.15) is 33.6 Å². The fourth-order valence-corrected chi connectivity index (χ4v) is 0.354. The maximum Gasteiger partial charge on any atom is 0.417 e. The van der Waals surface area contributed by atoms with Crippen molar-refractivity contribution < 1.29 is 19.1 Å². The van der Waals surface area contributed by atoms with Crippen LogP contribution in [0.15, 0.2) is 0 Å². The lowest BCUT2D eigenvalue weighted by molar-refractivity contribution is 0.212. The van der Waals surface area contributed by atoms with Gasteiger partial charge in [0.05, 0.1) is 12.7 Å². The van der Waals surface area contributed by atoms with Crippen molar-refractivity contribution in [2.45, 2.75) is 39.7 Å². The molecule has 76 valence electrons. The monoisotopic (exact) mass is 188 g/mol. The molecule has 0 saturated heterocycles. The molecule has 0 aromatic heterocycles. The van der Waals surface area contributed by atoms with Gasteiger partial charge in [-0.3, -0.25) is 0 Å². The van der Waals surface area contributed by atoms with Gasteiger partial charge in [0.2, 0.25) is 0 Å². The molecule has 0 aromatic rings. The van der Waals surface area contributed by atoms with E-state index in [9.17, 15) is 9.59 Å². The van der Waals surface area contributed by atoms with Crippen LogP contribution in [0.25, 0.3) is 0 Å². The Bertz CT molecular complexity index is 112. The first-order valence-corrected chi connectivity index (χ1v) is 4.20. The minimum Gasteiger partial charge on any atom is -0.457 e. The Morgan fingerprint density at radius 2 is 1.85 bits per heavy atom. The summed E-state index contributed by atoms with van der Waals surface area (Å²) in [5.41, 5.74) is 0. The van der Waals surface area contributed by atoms with Crippen molar-refractivity contribution in [3.63, 3.8) is 0 Å². The minimum atomic E-state index is -0.0255. The number of ether oxygens (including phenoxy) is 2. The second kappa shape index (κ2) is 13.5. The van der Waals surface area contributed by atoms with E-state index in [0.29, 0.717) is 6.61 Å². The van der Waals surface area contributed by atoms with Crippen molar-refractivity contribution in [1.29, 1.82) is 0 Å². The van der Waals surface area contributed by atoms with Crippen LogP contribution in [0.3, 0.4) is 0 Å². The Balaban J connectivity index is 0. The quantitative estimate of drug-likeness (QED) is 0.590. The predicted molar refractivity (Wildman–Crippen MR) is 48.5 cm³/mol. The van der Waals surface area contributed by atoms with Crippen LogP contribution < -0.4 is 0 Å². The van der Waals surface area contributed by atoms with E-state index in [2.05, 4.69) is 9.47 Å². The van der Waals surface area contributed by atoms with Gasteiger partial charge >= 0.3 is 12.9 Å². The molecule has 2 radical (unpaired) electrons. The summed E-state index contributed by atoms with van der Waals surface area (Å²) in [6.07, 6.45) is 1.97. The third-order valence-electron chi connectivity index (χ3n) is 0.943. The maximum atomic E-state index is 9.33. The maximum absolute atomic E-state index is 9.33.